The van der Waals surface area contributed by atoms with Crippen molar-refractivity contribution in [1.82, 2.24) is 5.32 Å². The van der Waals surface area contributed by atoms with Crippen LogP contribution < -0.4 is 11.1 Å². The van der Waals surface area contributed by atoms with Gasteiger partial charge in [0, 0.05) is 19.5 Å². The van der Waals surface area contributed by atoms with Gasteiger partial charge in [0.25, 0.3) is 0 Å². The highest BCUT2D eigenvalue weighted by atomic mass is 35.5. The smallest absolute Gasteiger partial charge is 0.220 e. The topological polar surface area (TPSA) is 55.1 Å². The number of amides is 1. The van der Waals surface area contributed by atoms with Gasteiger partial charge in [-0.15, -0.1) is 12.4 Å². The standard InChI is InChI=1S/C22H46N2O.ClH/c1-18(2)9-6-10-19(3)11-7-12-20(4)13-8-14-21(5)17-22(25)24-16-15-23;/h18-21H,6-17,23H2,1-5H3,(H,24,25);1H. The molecule has 0 aromatic carbocycles. The van der Waals surface area contributed by atoms with Crippen molar-refractivity contribution < 1.29 is 4.79 Å². The Kier molecular flexibility index (Phi) is 19.4. The van der Waals surface area contributed by atoms with Gasteiger partial charge >= 0.3 is 0 Å². The minimum absolute atomic E-state index is 0. The number of nitrogens with one attached hydrogen (secondary N) is 1. The van der Waals surface area contributed by atoms with E-state index in [1.54, 1.807) is 0 Å². The highest BCUT2D eigenvalue weighted by Crippen LogP contribution is 2.22. The van der Waals surface area contributed by atoms with Gasteiger partial charge in [0.15, 0.2) is 0 Å². The van der Waals surface area contributed by atoms with Gasteiger partial charge in [-0.05, 0) is 23.7 Å². The molecule has 1 amide bonds. The number of hydrogen-bond donors (Lipinski definition) is 2. The lowest BCUT2D eigenvalue weighted by Crippen LogP contribution is -2.30. The zero-order valence-corrected chi connectivity index (χ0v) is 19.0. The van der Waals surface area contributed by atoms with Gasteiger partial charge in [-0.1, -0.05) is 92.4 Å². The summed E-state index contributed by atoms with van der Waals surface area (Å²) in [6.45, 7) is 12.8. The third-order valence-corrected chi connectivity index (χ3v) is 5.27. The Morgan fingerprint density at radius 2 is 1.19 bits per heavy atom. The lowest BCUT2D eigenvalue weighted by molar-refractivity contribution is -0.121. The normalized spacial score (nSPS) is 14.6. The van der Waals surface area contributed by atoms with E-state index < -0.39 is 0 Å². The number of nitrogens with two attached hydrogens (primary N) is 1. The minimum atomic E-state index is 0. The zero-order chi connectivity index (χ0) is 19.1. The number of halogens is 1. The predicted octanol–water partition coefficient (Wildman–Crippen LogP) is 5.95. The molecule has 0 aromatic rings. The van der Waals surface area contributed by atoms with Crippen LogP contribution in [0.3, 0.4) is 0 Å². The van der Waals surface area contributed by atoms with Gasteiger partial charge in [0.1, 0.15) is 0 Å². The molecule has 26 heavy (non-hydrogen) atoms. The van der Waals surface area contributed by atoms with Crippen LogP contribution in [-0.2, 0) is 4.79 Å². The van der Waals surface area contributed by atoms with E-state index in [-0.39, 0.29) is 18.3 Å². The average molecular weight is 391 g/mol. The first-order valence-corrected chi connectivity index (χ1v) is 10.8. The van der Waals surface area contributed by atoms with Crippen LogP contribution >= 0.6 is 12.4 Å². The summed E-state index contributed by atoms with van der Waals surface area (Å²) in [6, 6.07) is 0. The molecule has 0 saturated carbocycles. The predicted molar refractivity (Wildman–Crippen MR) is 118 cm³/mol. The second-order valence-corrected chi connectivity index (χ2v) is 8.84. The summed E-state index contributed by atoms with van der Waals surface area (Å²) in [5.74, 6) is 3.18. The Hall–Kier alpha value is -0.280. The van der Waals surface area contributed by atoms with Crippen LogP contribution in [0.5, 0.6) is 0 Å². The fourth-order valence-electron chi connectivity index (χ4n) is 3.50. The molecule has 0 bridgehead atoms. The Morgan fingerprint density at radius 1 is 0.769 bits per heavy atom. The van der Waals surface area contributed by atoms with E-state index in [0.717, 1.165) is 24.2 Å². The van der Waals surface area contributed by atoms with E-state index in [0.29, 0.717) is 25.4 Å². The largest absolute Gasteiger partial charge is 0.355 e. The van der Waals surface area contributed by atoms with Gasteiger partial charge in [-0.25, -0.2) is 0 Å². The quantitative estimate of drug-likeness (QED) is 0.342. The highest BCUT2D eigenvalue weighted by Gasteiger charge is 2.10. The number of hydrogen-bond acceptors (Lipinski definition) is 2. The minimum Gasteiger partial charge on any atom is -0.355 e. The van der Waals surface area contributed by atoms with Crippen LogP contribution in [0.1, 0.15) is 98.8 Å². The number of rotatable bonds is 16. The Balaban J connectivity index is 0. The van der Waals surface area contributed by atoms with Crippen molar-refractivity contribution in [3.8, 4) is 0 Å². The van der Waals surface area contributed by atoms with Crippen LogP contribution in [0.15, 0.2) is 0 Å². The summed E-state index contributed by atoms with van der Waals surface area (Å²) in [5.41, 5.74) is 5.40. The second kappa shape index (κ2) is 18.1. The zero-order valence-electron chi connectivity index (χ0n) is 18.2. The first-order valence-electron chi connectivity index (χ1n) is 10.8. The molecular weight excluding hydrogens is 344 g/mol. The van der Waals surface area contributed by atoms with Crippen molar-refractivity contribution in [2.45, 2.75) is 98.8 Å². The monoisotopic (exact) mass is 390 g/mol. The average Bonchev–Trinajstić information content (AvgIpc) is 2.52. The van der Waals surface area contributed by atoms with E-state index in [1.165, 1.54) is 51.4 Å². The van der Waals surface area contributed by atoms with Crippen LogP contribution in [0.25, 0.3) is 0 Å². The molecule has 4 heteroatoms. The molecule has 0 aliphatic carbocycles. The fourth-order valence-corrected chi connectivity index (χ4v) is 3.50. The molecular formula is C22H47ClN2O. The van der Waals surface area contributed by atoms with E-state index in [4.69, 9.17) is 5.73 Å². The van der Waals surface area contributed by atoms with E-state index in [1.807, 2.05) is 0 Å². The Bertz CT molecular complexity index is 323. The molecule has 0 spiro atoms. The van der Waals surface area contributed by atoms with E-state index >= 15 is 0 Å². The molecule has 3 N–H and O–H groups in total. The molecule has 0 fully saturated rings. The van der Waals surface area contributed by atoms with Crippen molar-refractivity contribution in [3.05, 3.63) is 0 Å². The SMILES string of the molecule is CC(C)CCCC(C)CCCC(C)CCCC(C)CC(=O)NCCN.Cl. The van der Waals surface area contributed by atoms with Crippen molar-refractivity contribution in [3.63, 3.8) is 0 Å². The summed E-state index contributed by atoms with van der Waals surface area (Å²) in [5, 5.41) is 2.86. The molecule has 0 aliphatic rings. The van der Waals surface area contributed by atoms with Crippen LogP contribution in [0.2, 0.25) is 0 Å². The van der Waals surface area contributed by atoms with E-state index in [2.05, 4.69) is 39.9 Å². The molecule has 0 heterocycles. The summed E-state index contributed by atoms with van der Waals surface area (Å²) < 4.78 is 0. The highest BCUT2D eigenvalue weighted by molar-refractivity contribution is 5.85. The third kappa shape index (κ3) is 18.5. The number of carbonyl (C=O) groups is 1. The third-order valence-electron chi connectivity index (χ3n) is 5.27. The molecule has 3 atom stereocenters. The van der Waals surface area contributed by atoms with Gasteiger partial charge in [0.2, 0.25) is 5.91 Å². The first-order chi connectivity index (χ1) is 11.8. The maximum atomic E-state index is 11.7. The maximum absolute atomic E-state index is 11.7. The molecule has 3 nitrogen and oxygen atoms in total. The van der Waals surface area contributed by atoms with Gasteiger partial charge in [-0.2, -0.15) is 0 Å². The molecule has 0 aromatic heterocycles. The Morgan fingerprint density at radius 3 is 1.62 bits per heavy atom. The van der Waals surface area contributed by atoms with Gasteiger partial charge < -0.3 is 11.1 Å². The summed E-state index contributed by atoms with van der Waals surface area (Å²) in [6.07, 6.45) is 12.6. The van der Waals surface area contributed by atoms with Crippen LogP contribution in [0.4, 0.5) is 0 Å². The molecule has 158 valence electrons. The van der Waals surface area contributed by atoms with Crippen LogP contribution in [-0.4, -0.2) is 19.0 Å². The first kappa shape index (κ1) is 27.9. The maximum Gasteiger partial charge on any atom is 0.220 e. The Labute approximate surface area is 170 Å². The van der Waals surface area contributed by atoms with Gasteiger partial charge in [-0.3, -0.25) is 4.79 Å². The van der Waals surface area contributed by atoms with Crippen molar-refractivity contribution in [2.75, 3.05) is 13.1 Å². The van der Waals surface area contributed by atoms with Gasteiger partial charge in [0.05, 0.1) is 0 Å². The second-order valence-electron chi connectivity index (χ2n) is 8.84. The summed E-state index contributed by atoms with van der Waals surface area (Å²) in [4.78, 5) is 11.7. The summed E-state index contributed by atoms with van der Waals surface area (Å²) in [7, 11) is 0. The fraction of sp³-hybridized carbons (Fsp3) is 0.955. The lowest BCUT2D eigenvalue weighted by atomic mass is 9.90. The number of carbonyl (C=O) groups excluding carboxylic acids is 1. The molecule has 0 radical (unpaired) electrons. The van der Waals surface area contributed by atoms with E-state index in [9.17, 15) is 4.79 Å². The molecule has 0 aliphatic heterocycles. The van der Waals surface area contributed by atoms with Crippen molar-refractivity contribution >= 4 is 18.3 Å². The van der Waals surface area contributed by atoms with Crippen molar-refractivity contribution in [1.29, 1.82) is 0 Å². The molecule has 0 rings (SSSR count). The molecule has 3 unspecified atom stereocenters. The van der Waals surface area contributed by atoms with Crippen molar-refractivity contribution in [2.24, 2.45) is 29.4 Å². The lowest BCUT2D eigenvalue weighted by Gasteiger charge is -2.16. The summed E-state index contributed by atoms with van der Waals surface area (Å²) >= 11 is 0. The molecule has 0 saturated heterocycles. The van der Waals surface area contributed by atoms with Crippen LogP contribution in [0, 0.1) is 23.7 Å².